The van der Waals surface area contributed by atoms with Gasteiger partial charge in [-0.3, -0.25) is 0 Å². The van der Waals surface area contributed by atoms with Crippen molar-refractivity contribution in [1.82, 2.24) is 4.98 Å². The smallest absolute Gasteiger partial charge is 0.165 e. The second-order valence-corrected chi connectivity index (χ2v) is 5.01. The lowest BCUT2D eigenvalue weighted by atomic mass is 10.0. The summed E-state index contributed by atoms with van der Waals surface area (Å²) < 4.78 is 13.5. The lowest BCUT2D eigenvalue weighted by Gasteiger charge is -2.10. The normalized spacial score (nSPS) is 11.0. The molecular formula is C17H14FNO3. The Morgan fingerprint density at radius 3 is 2.55 bits per heavy atom. The molecule has 3 N–H and O–H groups in total. The summed E-state index contributed by atoms with van der Waals surface area (Å²) in [6.07, 6.45) is 0.399. The maximum Gasteiger partial charge on any atom is 0.165 e. The summed E-state index contributed by atoms with van der Waals surface area (Å²) in [4.78, 5) is 4.46. The highest BCUT2D eigenvalue weighted by Crippen LogP contribution is 2.29. The summed E-state index contributed by atoms with van der Waals surface area (Å²) in [6.45, 7) is -0.0435. The number of aliphatic hydroxyl groups excluding tert-OH is 1. The van der Waals surface area contributed by atoms with Crippen LogP contribution in [0.25, 0.3) is 22.2 Å². The first-order valence-electron chi connectivity index (χ1n) is 6.81. The average molecular weight is 299 g/mol. The van der Waals surface area contributed by atoms with Gasteiger partial charge in [0.25, 0.3) is 0 Å². The van der Waals surface area contributed by atoms with Gasteiger partial charge in [0.2, 0.25) is 0 Å². The molecule has 22 heavy (non-hydrogen) atoms. The van der Waals surface area contributed by atoms with Crippen LogP contribution < -0.4 is 0 Å². The van der Waals surface area contributed by atoms with Crippen molar-refractivity contribution >= 4 is 10.9 Å². The molecule has 112 valence electrons. The monoisotopic (exact) mass is 299 g/mol. The molecule has 0 amide bonds. The van der Waals surface area contributed by atoms with Crippen LogP contribution in [-0.2, 0) is 6.42 Å². The van der Waals surface area contributed by atoms with Crippen molar-refractivity contribution in [3.8, 4) is 22.8 Å². The summed E-state index contributed by atoms with van der Waals surface area (Å²) in [7, 11) is 0. The topological polar surface area (TPSA) is 73.6 Å². The average Bonchev–Trinajstić information content (AvgIpc) is 2.50. The van der Waals surface area contributed by atoms with Crippen LogP contribution in [0.5, 0.6) is 11.5 Å². The van der Waals surface area contributed by atoms with Crippen LogP contribution in [-0.4, -0.2) is 26.9 Å². The molecule has 0 fully saturated rings. The number of pyridine rings is 1. The highest BCUT2D eigenvalue weighted by Gasteiger charge is 2.10. The van der Waals surface area contributed by atoms with Gasteiger partial charge in [0.15, 0.2) is 11.6 Å². The summed E-state index contributed by atoms with van der Waals surface area (Å²) in [5.74, 6) is -1.00. The van der Waals surface area contributed by atoms with E-state index in [1.807, 2.05) is 0 Å². The zero-order valence-corrected chi connectivity index (χ0v) is 11.6. The first-order valence-corrected chi connectivity index (χ1v) is 6.81. The number of phenols is 2. The molecule has 0 aliphatic heterocycles. The Labute approximate surface area is 126 Å². The minimum atomic E-state index is -0.714. The summed E-state index contributed by atoms with van der Waals surface area (Å²) in [5.41, 5.74) is 2.53. The third-order valence-electron chi connectivity index (χ3n) is 3.50. The van der Waals surface area contributed by atoms with Gasteiger partial charge in [-0.2, -0.15) is 0 Å². The second kappa shape index (κ2) is 5.61. The van der Waals surface area contributed by atoms with Crippen LogP contribution in [0.15, 0.2) is 42.5 Å². The van der Waals surface area contributed by atoms with Crippen LogP contribution in [0.2, 0.25) is 0 Å². The van der Waals surface area contributed by atoms with Crippen molar-refractivity contribution in [3.63, 3.8) is 0 Å². The molecule has 0 radical (unpaired) electrons. The van der Waals surface area contributed by atoms with Gasteiger partial charge in [0, 0.05) is 17.6 Å². The van der Waals surface area contributed by atoms with E-state index in [0.29, 0.717) is 23.2 Å². The Balaban J connectivity index is 2.21. The van der Waals surface area contributed by atoms with Crippen LogP contribution in [0, 0.1) is 5.82 Å². The minimum absolute atomic E-state index is 0.0435. The number of hydrogen-bond acceptors (Lipinski definition) is 4. The Hall–Kier alpha value is -2.66. The van der Waals surface area contributed by atoms with Gasteiger partial charge in [-0.15, -0.1) is 0 Å². The van der Waals surface area contributed by atoms with Crippen LogP contribution in [0.3, 0.4) is 0 Å². The van der Waals surface area contributed by atoms with Crippen molar-refractivity contribution in [2.45, 2.75) is 6.42 Å². The third kappa shape index (κ3) is 2.58. The van der Waals surface area contributed by atoms with Gasteiger partial charge in [-0.1, -0.05) is 0 Å². The Bertz CT molecular complexity index is 849. The molecule has 0 saturated heterocycles. The van der Waals surface area contributed by atoms with Crippen LogP contribution >= 0.6 is 0 Å². The van der Waals surface area contributed by atoms with Gasteiger partial charge in [-0.25, -0.2) is 9.37 Å². The largest absolute Gasteiger partial charge is 0.508 e. The fourth-order valence-electron chi connectivity index (χ4n) is 2.42. The zero-order valence-electron chi connectivity index (χ0n) is 11.6. The molecule has 3 rings (SSSR count). The van der Waals surface area contributed by atoms with E-state index < -0.39 is 11.6 Å². The standard InChI is InChI=1S/C17H14FNO3/c18-14-7-11(1-4-17(14)22)16-8-10(5-6-20)13-9-12(21)2-3-15(13)19-16/h1-4,7-9,20-22H,5-6H2. The van der Waals surface area contributed by atoms with E-state index >= 15 is 0 Å². The minimum Gasteiger partial charge on any atom is -0.508 e. The first-order chi connectivity index (χ1) is 10.6. The van der Waals surface area contributed by atoms with E-state index in [9.17, 15) is 19.7 Å². The molecule has 0 spiro atoms. The Kier molecular flexibility index (Phi) is 3.65. The third-order valence-corrected chi connectivity index (χ3v) is 3.50. The summed E-state index contributed by atoms with van der Waals surface area (Å²) in [5, 5.41) is 28.8. The Morgan fingerprint density at radius 2 is 1.82 bits per heavy atom. The van der Waals surface area contributed by atoms with E-state index in [4.69, 9.17) is 0 Å². The fourth-order valence-corrected chi connectivity index (χ4v) is 2.42. The molecule has 5 heteroatoms. The van der Waals surface area contributed by atoms with Gasteiger partial charge in [0.05, 0.1) is 11.2 Å². The number of aromatic hydroxyl groups is 2. The molecule has 2 aromatic carbocycles. The van der Waals surface area contributed by atoms with Gasteiger partial charge in [-0.05, 0) is 54.4 Å². The maximum absolute atomic E-state index is 13.5. The lowest BCUT2D eigenvalue weighted by Crippen LogP contribution is -1.96. The van der Waals surface area contributed by atoms with Gasteiger partial charge >= 0.3 is 0 Å². The van der Waals surface area contributed by atoms with Crippen LogP contribution in [0.1, 0.15) is 5.56 Å². The van der Waals surface area contributed by atoms with E-state index in [0.717, 1.165) is 10.9 Å². The molecule has 0 unspecified atom stereocenters. The molecule has 3 aromatic rings. The fraction of sp³-hybridized carbons (Fsp3) is 0.118. The van der Waals surface area contributed by atoms with E-state index in [2.05, 4.69) is 4.98 Å². The molecule has 0 saturated carbocycles. The zero-order chi connectivity index (χ0) is 15.7. The van der Waals surface area contributed by atoms with E-state index in [1.54, 1.807) is 24.3 Å². The maximum atomic E-state index is 13.5. The lowest BCUT2D eigenvalue weighted by molar-refractivity contribution is 0.300. The number of fused-ring (bicyclic) bond motifs is 1. The number of aromatic nitrogens is 1. The molecular weight excluding hydrogens is 285 g/mol. The SMILES string of the molecule is OCCc1cc(-c2ccc(O)c(F)c2)nc2ccc(O)cc12. The summed E-state index contributed by atoms with van der Waals surface area (Å²) >= 11 is 0. The number of hydrogen-bond donors (Lipinski definition) is 3. The Morgan fingerprint density at radius 1 is 1.00 bits per heavy atom. The molecule has 1 heterocycles. The van der Waals surface area contributed by atoms with Crippen molar-refractivity contribution in [2.24, 2.45) is 0 Å². The van der Waals surface area contributed by atoms with E-state index in [1.165, 1.54) is 18.2 Å². The molecule has 0 aliphatic carbocycles. The number of halogens is 1. The number of rotatable bonds is 3. The van der Waals surface area contributed by atoms with Crippen molar-refractivity contribution < 1.29 is 19.7 Å². The molecule has 0 aliphatic rings. The molecule has 0 atom stereocenters. The predicted molar refractivity (Wildman–Crippen MR) is 81.3 cm³/mol. The van der Waals surface area contributed by atoms with Crippen molar-refractivity contribution in [2.75, 3.05) is 6.61 Å². The van der Waals surface area contributed by atoms with Crippen molar-refractivity contribution in [3.05, 3.63) is 53.8 Å². The second-order valence-electron chi connectivity index (χ2n) is 5.01. The first kappa shape index (κ1) is 14.3. The van der Waals surface area contributed by atoms with Gasteiger partial charge in [0.1, 0.15) is 5.75 Å². The highest BCUT2D eigenvalue weighted by atomic mass is 19.1. The molecule has 0 bridgehead atoms. The predicted octanol–water partition coefficient (Wildman–Crippen LogP) is 2.99. The van der Waals surface area contributed by atoms with Crippen LogP contribution in [0.4, 0.5) is 4.39 Å². The highest BCUT2D eigenvalue weighted by molar-refractivity contribution is 5.86. The van der Waals surface area contributed by atoms with E-state index in [-0.39, 0.29) is 12.4 Å². The number of nitrogens with zero attached hydrogens (tertiary/aromatic N) is 1. The number of benzene rings is 2. The molecule has 1 aromatic heterocycles. The number of phenolic OH excluding ortho intramolecular Hbond substituents is 2. The van der Waals surface area contributed by atoms with Gasteiger partial charge < -0.3 is 15.3 Å². The molecule has 4 nitrogen and oxygen atoms in total. The quantitative estimate of drug-likeness (QED) is 0.695. The van der Waals surface area contributed by atoms with Crippen molar-refractivity contribution in [1.29, 1.82) is 0 Å². The number of aliphatic hydroxyl groups is 1. The summed E-state index contributed by atoms with van der Waals surface area (Å²) in [6, 6.07) is 10.6.